The van der Waals surface area contributed by atoms with E-state index < -0.39 is 0 Å². The van der Waals surface area contributed by atoms with Crippen LogP contribution in [0.15, 0.2) is 35.2 Å². The Bertz CT molecular complexity index is 409. The fraction of sp³-hybridized carbons (Fsp3) is 0.533. The lowest BCUT2D eigenvalue weighted by molar-refractivity contribution is 0.139. The molecule has 0 spiro atoms. The summed E-state index contributed by atoms with van der Waals surface area (Å²) in [5.41, 5.74) is 0. The number of amides is 1. The first kappa shape index (κ1) is 15.2. The minimum atomic E-state index is -0.340. The van der Waals surface area contributed by atoms with Crippen LogP contribution in [-0.2, 0) is 9.47 Å². The van der Waals surface area contributed by atoms with E-state index in [4.69, 9.17) is 9.47 Å². The van der Waals surface area contributed by atoms with Crippen molar-refractivity contribution in [2.24, 2.45) is 0 Å². The maximum absolute atomic E-state index is 11.7. The Morgan fingerprint density at radius 2 is 2.25 bits per heavy atom. The molecule has 2 rings (SSSR count). The largest absolute Gasteiger partial charge is 0.450 e. The van der Waals surface area contributed by atoms with E-state index in [9.17, 15) is 4.79 Å². The van der Waals surface area contributed by atoms with Crippen molar-refractivity contribution in [1.29, 1.82) is 0 Å². The molecule has 1 aromatic carbocycles. The zero-order valence-electron chi connectivity index (χ0n) is 11.7. The van der Waals surface area contributed by atoms with Gasteiger partial charge in [0.15, 0.2) is 0 Å². The number of alkyl carbamates (subject to hydrolysis) is 1. The number of benzene rings is 1. The normalized spacial score (nSPS) is 18.4. The van der Waals surface area contributed by atoms with Gasteiger partial charge in [-0.1, -0.05) is 31.5 Å². The van der Waals surface area contributed by atoms with Gasteiger partial charge in [0.1, 0.15) is 6.10 Å². The van der Waals surface area contributed by atoms with Gasteiger partial charge in [-0.25, -0.2) is 4.79 Å². The van der Waals surface area contributed by atoms with Gasteiger partial charge in [0.25, 0.3) is 0 Å². The second-order valence-electron chi connectivity index (χ2n) is 4.74. The molecule has 1 aromatic rings. The summed E-state index contributed by atoms with van der Waals surface area (Å²) in [7, 11) is 0. The maximum atomic E-state index is 11.7. The molecule has 1 aliphatic rings. The fourth-order valence-corrected chi connectivity index (χ4v) is 2.75. The third-order valence-corrected chi connectivity index (χ3v) is 4.15. The van der Waals surface area contributed by atoms with Crippen LogP contribution in [-0.4, -0.2) is 37.2 Å². The molecule has 1 unspecified atom stereocenters. The van der Waals surface area contributed by atoms with E-state index in [1.165, 1.54) is 4.90 Å². The predicted octanol–water partition coefficient (Wildman–Crippen LogP) is 3.07. The lowest BCUT2D eigenvalue weighted by atomic mass is 10.2. The highest BCUT2D eigenvalue weighted by atomic mass is 32.2. The molecule has 0 saturated carbocycles. The summed E-state index contributed by atoms with van der Waals surface area (Å²) in [6, 6.07) is 10.2. The van der Waals surface area contributed by atoms with Gasteiger partial charge in [0.05, 0.1) is 19.3 Å². The standard InChI is InChI=1S/C15H21NO3S/c1-2-3-9-18-15(17)16-13(14-10-19-14)11-20-12-7-5-4-6-8-12/h4-8,13-14H,2-3,9-11H2,1H3,(H,16,17)/t13-,14?/m0/s1. The van der Waals surface area contributed by atoms with Gasteiger partial charge in [-0.15, -0.1) is 11.8 Å². The quantitative estimate of drug-likeness (QED) is 0.455. The van der Waals surface area contributed by atoms with Gasteiger partial charge in [-0.3, -0.25) is 0 Å². The molecule has 1 aliphatic heterocycles. The molecule has 0 radical (unpaired) electrons. The summed E-state index contributed by atoms with van der Waals surface area (Å²) in [5.74, 6) is 0.789. The number of epoxide rings is 1. The molecule has 1 amide bonds. The Kier molecular flexibility index (Phi) is 6.21. The van der Waals surface area contributed by atoms with Gasteiger partial charge < -0.3 is 14.8 Å². The summed E-state index contributed by atoms with van der Waals surface area (Å²) in [5, 5.41) is 2.90. The van der Waals surface area contributed by atoms with E-state index in [1.807, 2.05) is 18.2 Å². The van der Waals surface area contributed by atoms with Crippen molar-refractivity contribution in [2.75, 3.05) is 19.0 Å². The van der Waals surface area contributed by atoms with Gasteiger partial charge in [0.2, 0.25) is 0 Å². The van der Waals surface area contributed by atoms with Crippen LogP contribution in [0, 0.1) is 0 Å². The molecule has 0 aliphatic carbocycles. The Hall–Kier alpha value is -1.20. The minimum Gasteiger partial charge on any atom is -0.450 e. The van der Waals surface area contributed by atoms with Crippen molar-refractivity contribution in [3.63, 3.8) is 0 Å². The molecule has 1 N–H and O–H groups in total. The molecular weight excluding hydrogens is 274 g/mol. The molecule has 110 valence electrons. The van der Waals surface area contributed by atoms with Gasteiger partial charge >= 0.3 is 6.09 Å². The zero-order valence-corrected chi connectivity index (χ0v) is 12.5. The first-order chi connectivity index (χ1) is 9.79. The van der Waals surface area contributed by atoms with E-state index >= 15 is 0 Å². The van der Waals surface area contributed by atoms with Crippen molar-refractivity contribution < 1.29 is 14.3 Å². The van der Waals surface area contributed by atoms with Crippen LogP contribution in [0.5, 0.6) is 0 Å². The first-order valence-electron chi connectivity index (χ1n) is 7.02. The molecule has 2 atom stereocenters. The number of ether oxygens (including phenoxy) is 2. The van der Waals surface area contributed by atoms with Crippen LogP contribution in [0.4, 0.5) is 4.79 Å². The van der Waals surface area contributed by atoms with Crippen molar-refractivity contribution in [3.05, 3.63) is 30.3 Å². The lowest BCUT2D eigenvalue weighted by Gasteiger charge is -2.16. The average Bonchev–Trinajstić information content (AvgIpc) is 3.29. The third-order valence-electron chi connectivity index (χ3n) is 3.01. The molecular formula is C15H21NO3S. The van der Waals surface area contributed by atoms with Crippen molar-refractivity contribution in [1.82, 2.24) is 5.32 Å². The monoisotopic (exact) mass is 295 g/mol. The summed E-state index contributed by atoms with van der Waals surface area (Å²) in [4.78, 5) is 12.9. The second kappa shape index (κ2) is 8.17. The molecule has 4 nitrogen and oxygen atoms in total. The van der Waals surface area contributed by atoms with Crippen LogP contribution >= 0.6 is 11.8 Å². The van der Waals surface area contributed by atoms with Crippen LogP contribution in [0.25, 0.3) is 0 Å². The summed E-state index contributed by atoms with van der Waals surface area (Å²) < 4.78 is 10.4. The van der Waals surface area contributed by atoms with E-state index in [0.29, 0.717) is 6.61 Å². The topological polar surface area (TPSA) is 50.9 Å². The van der Waals surface area contributed by atoms with E-state index in [-0.39, 0.29) is 18.2 Å². The van der Waals surface area contributed by atoms with Gasteiger partial charge in [-0.05, 0) is 18.6 Å². The lowest BCUT2D eigenvalue weighted by Crippen LogP contribution is -2.41. The van der Waals surface area contributed by atoms with Crippen molar-refractivity contribution >= 4 is 17.9 Å². The first-order valence-corrected chi connectivity index (χ1v) is 8.01. The Balaban J connectivity index is 1.74. The van der Waals surface area contributed by atoms with E-state index in [0.717, 1.165) is 25.2 Å². The molecule has 1 heterocycles. The van der Waals surface area contributed by atoms with Gasteiger partial charge in [0, 0.05) is 10.6 Å². The summed E-state index contributed by atoms with van der Waals surface area (Å²) >= 11 is 1.72. The number of nitrogens with one attached hydrogen (secondary N) is 1. The summed E-state index contributed by atoms with van der Waals surface area (Å²) in [6.45, 7) is 3.26. The Morgan fingerprint density at radius 3 is 2.90 bits per heavy atom. The van der Waals surface area contributed by atoms with Crippen LogP contribution in [0.3, 0.4) is 0 Å². The number of rotatable bonds is 8. The number of unbranched alkanes of at least 4 members (excludes halogenated alkanes) is 1. The van der Waals surface area contributed by atoms with Crippen molar-refractivity contribution in [2.45, 2.75) is 36.8 Å². The second-order valence-corrected chi connectivity index (χ2v) is 5.83. The predicted molar refractivity (Wildman–Crippen MR) is 80.1 cm³/mol. The Morgan fingerprint density at radius 1 is 1.50 bits per heavy atom. The van der Waals surface area contributed by atoms with Crippen LogP contribution in [0.2, 0.25) is 0 Å². The highest BCUT2D eigenvalue weighted by Crippen LogP contribution is 2.23. The fourth-order valence-electron chi connectivity index (χ4n) is 1.73. The number of hydrogen-bond donors (Lipinski definition) is 1. The zero-order chi connectivity index (χ0) is 14.2. The molecule has 20 heavy (non-hydrogen) atoms. The third kappa shape index (κ3) is 5.43. The highest BCUT2D eigenvalue weighted by molar-refractivity contribution is 7.99. The minimum absolute atomic E-state index is 0.00864. The average molecular weight is 295 g/mol. The maximum Gasteiger partial charge on any atom is 0.407 e. The van der Waals surface area contributed by atoms with Crippen LogP contribution < -0.4 is 5.32 Å². The summed E-state index contributed by atoms with van der Waals surface area (Å²) in [6.07, 6.45) is 1.71. The van der Waals surface area contributed by atoms with Gasteiger partial charge in [-0.2, -0.15) is 0 Å². The smallest absolute Gasteiger partial charge is 0.407 e. The number of hydrogen-bond acceptors (Lipinski definition) is 4. The molecule has 0 aromatic heterocycles. The molecule has 0 bridgehead atoms. The number of carbonyl (C=O) groups is 1. The van der Waals surface area contributed by atoms with E-state index in [1.54, 1.807) is 11.8 Å². The number of thioether (sulfide) groups is 1. The van der Waals surface area contributed by atoms with Crippen LogP contribution in [0.1, 0.15) is 19.8 Å². The molecule has 1 saturated heterocycles. The van der Waals surface area contributed by atoms with Crippen molar-refractivity contribution in [3.8, 4) is 0 Å². The molecule has 1 fully saturated rings. The SMILES string of the molecule is CCCCOC(=O)N[C@@H](CSc1ccccc1)C1CO1. The van der Waals surface area contributed by atoms with E-state index in [2.05, 4.69) is 24.4 Å². The highest BCUT2D eigenvalue weighted by Gasteiger charge is 2.34. The Labute approximate surface area is 124 Å². The molecule has 5 heteroatoms. The number of carbonyl (C=O) groups excluding carboxylic acids is 1.